The Bertz CT molecular complexity index is 3630. The Morgan fingerprint density at radius 2 is 0.919 bits per heavy atom. The van der Waals surface area contributed by atoms with Crippen molar-refractivity contribution in [3.63, 3.8) is 0 Å². The smallest absolute Gasteiger partial charge is 0.0992 e. The lowest BCUT2D eigenvalue weighted by Gasteiger charge is -2.28. The van der Waals surface area contributed by atoms with Crippen molar-refractivity contribution in [3.8, 4) is 34.4 Å². The number of para-hydroxylation sites is 4. The van der Waals surface area contributed by atoms with E-state index in [1.165, 1.54) is 38.8 Å². The van der Waals surface area contributed by atoms with Crippen LogP contribution in [0.5, 0.6) is 0 Å². The van der Waals surface area contributed by atoms with Crippen LogP contribution < -0.4 is 9.80 Å². The van der Waals surface area contributed by atoms with E-state index in [4.69, 9.17) is 0 Å². The van der Waals surface area contributed by atoms with Crippen molar-refractivity contribution >= 4 is 72.2 Å². The third kappa shape index (κ3) is 4.65. The molecule has 0 radical (unpaired) electrons. The lowest BCUT2D eigenvalue weighted by Crippen LogP contribution is -2.11. The summed E-state index contributed by atoms with van der Waals surface area (Å²) in [5.74, 6) is -0.0414. The summed E-state index contributed by atoms with van der Waals surface area (Å²) in [5, 5.41) is 25.0. The van der Waals surface area contributed by atoms with E-state index in [0.717, 1.165) is 72.4 Å². The van der Waals surface area contributed by atoms with Gasteiger partial charge < -0.3 is 14.2 Å². The molecule has 286 valence electrons. The molecule has 1 atom stereocenters. The Kier molecular flexibility index (Phi) is 7.14. The van der Waals surface area contributed by atoms with E-state index in [1.807, 2.05) is 18.2 Å². The monoisotopic (exact) mass is 787 g/mol. The van der Waals surface area contributed by atoms with Crippen LogP contribution in [0.2, 0.25) is 0 Å². The van der Waals surface area contributed by atoms with E-state index in [2.05, 4.69) is 202 Å². The van der Waals surface area contributed by atoms with E-state index in [-0.39, 0.29) is 5.92 Å². The fraction of sp³-hybridized carbons (Fsp3) is 0.0175. The first-order chi connectivity index (χ1) is 30.7. The highest BCUT2D eigenvalue weighted by Gasteiger charge is 2.42. The molecule has 2 heterocycles. The molecule has 5 nitrogen and oxygen atoms in total. The molecule has 1 unspecified atom stereocenters. The molecule has 0 saturated carbocycles. The van der Waals surface area contributed by atoms with Crippen LogP contribution in [0.3, 0.4) is 0 Å². The number of benzene rings is 9. The van der Waals surface area contributed by atoms with Gasteiger partial charge in [-0.1, -0.05) is 97.1 Å². The maximum Gasteiger partial charge on any atom is 0.0992 e. The number of aromatic nitrogens is 1. The summed E-state index contributed by atoms with van der Waals surface area (Å²) >= 11 is 0. The van der Waals surface area contributed by atoms with E-state index < -0.39 is 0 Å². The molecule has 13 rings (SSSR count). The predicted octanol–water partition coefficient (Wildman–Crippen LogP) is 14.7. The molecule has 2 aliphatic carbocycles. The highest BCUT2D eigenvalue weighted by molar-refractivity contribution is 6.28. The van der Waals surface area contributed by atoms with Gasteiger partial charge in [0.25, 0.3) is 0 Å². The summed E-state index contributed by atoms with van der Waals surface area (Å²) in [6.07, 6.45) is 0. The van der Waals surface area contributed by atoms with Gasteiger partial charge in [0.05, 0.1) is 51.2 Å². The van der Waals surface area contributed by atoms with Gasteiger partial charge in [-0.2, -0.15) is 10.5 Å². The standard InChI is InChI=1S/C57H33N5/c58-33-35-21-23-42-47(29-35)53-48-31-46-43-26-28-50(61(39-17-9-3-10-18-39)40-19-11-4-12-20-40)55-44-24-22-36(34-59)30-51(44)62(57(43)55)52(46)32-45(48)41-25-27-49(54(42)56(41)53)60(37-13-5-1-6-14-37)38-15-7-2-8-16-38/h1-32,53H. The molecule has 0 saturated heterocycles. The first-order valence-electron chi connectivity index (χ1n) is 20.9. The fourth-order valence-corrected chi connectivity index (χ4v) is 10.7. The largest absolute Gasteiger partial charge is 0.310 e. The van der Waals surface area contributed by atoms with Gasteiger partial charge in [0.15, 0.2) is 0 Å². The van der Waals surface area contributed by atoms with E-state index >= 15 is 0 Å². The summed E-state index contributed by atoms with van der Waals surface area (Å²) in [6, 6.07) is 73.4. The number of hydrogen-bond acceptors (Lipinski definition) is 4. The molecule has 11 aromatic rings. The van der Waals surface area contributed by atoms with Crippen LogP contribution >= 0.6 is 0 Å². The molecule has 5 heteroatoms. The van der Waals surface area contributed by atoms with Crippen molar-refractivity contribution in [1.82, 2.24) is 4.40 Å². The van der Waals surface area contributed by atoms with Crippen molar-refractivity contribution in [3.05, 3.63) is 222 Å². The minimum absolute atomic E-state index is 0.0414. The van der Waals surface area contributed by atoms with Crippen molar-refractivity contribution < 1.29 is 0 Å². The maximum absolute atomic E-state index is 10.2. The fourth-order valence-electron chi connectivity index (χ4n) is 10.7. The van der Waals surface area contributed by atoms with Crippen molar-refractivity contribution in [2.45, 2.75) is 5.92 Å². The van der Waals surface area contributed by atoms with Gasteiger partial charge in [-0.25, -0.2) is 0 Å². The topological polar surface area (TPSA) is 58.5 Å². The molecule has 0 bridgehead atoms. The number of nitriles is 2. The second-order valence-electron chi connectivity index (χ2n) is 16.3. The number of rotatable bonds is 6. The van der Waals surface area contributed by atoms with Gasteiger partial charge >= 0.3 is 0 Å². The zero-order chi connectivity index (χ0) is 41.1. The second kappa shape index (κ2) is 12.9. The Morgan fingerprint density at radius 1 is 0.419 bits per heavy atom. The van der Waals surface area contributed by atoms with E-state index in [9.17, 15) is 10.5 Å². The van der Waals surface area contributed by atoms with Crippen LogP contribution in [0.1, 0.15) is 33.7 Å². The zero-order valence-corrected chi connectivity index (χ0v) is 33.3. The average Bonchev–Trinajstić information content (AvgIpc) is 4.06. The quantitative estimate of drug-likeness (QED) is 0.168. The molecule has 62 heavy (non-hydrogen) atoms. The molecular weight excluding hydrogens is 755 g/mol. The Labute approximate surface area is 357 Å². The molecule has 0 N–H and O–H groups in total. The lowest BCUT2D eigenvalue weighted by atomic mass is 9.91. The Balaban J connectivity index is 1.11. The molecule has 0 fully saturated rings. The molecule has 9 aromatic carbocycles. The van der Waals surface area contributed by atoms with Crippen LogP contribution in [0, 0.1) is 22.7 Å². The minimum atomic E-state index is -0.0414. The van der Waals surface area contributed by atoms with Gasteiger partial charge in [0, 0.05) is 55.8 Å². The molecular formula is C57H33N5. The number of fused-ring (bicyclic) bond motifs is 12. The van der Waals surface area contributed by atoms with Gasteiger partial charge in [-0.15, -0.1) is 0 Å². The highest BCUT2D eigenvalue weighted by Crippen LogP contribution is 2.62. The zero-order valence-electron chi connectivity index (χ0n) is 33.3. The Hall–Kier alpha value is -8.64. The predicted molar refractivity (Wildman–Crippen MR) is 252 cm³/mol. The van der Waals surface area contributed by atoms with Crippen LogP contribution in [0.15, 0.2) is 194 Å². The lowest BCUT2D eigenvalue weighted by molar-refractivity contribution is 1.06. The average molecular weight is 788 g/mol. The first-order valence-corrected chi connectivity index (χ1v) is 20.9. The van der Waals surface area contributed by atoms with Crippen LogP contribution in [0.25, 0.3) is 60.3 Å². The SMILES string of the molecule is N#Cc1ccc2c(c1)C1c3cc4c5ccc(N(c6ccccc6)c6ccccc6)c6c7ccc(C#N)cc7n(c4cc3-c3ccc(N(c4ccccc4)c4ccccc4)c-2c31)c56. The van der Waals surface area contributed by atoms with Crippen LogP contribution in [-0.4, -0.2) is 4.40 Å². The van der Waals surface area contributed by atoms with E-state index in [0.29, 0.717) is 11.1 Å². The summed E-state index contributed by atoms with van der Waals surface area (Å²) in [5.41, 5.74) is 19.5. The summed E-state index contributed by atoms with van der Waals surface area (Å²) in [4.78, 5) is 4.70. The van der Waals surface area contributed by atoms with Crippen LogP contribution in [0.4, 0.5) is 34.1 Å². The Morgan fingerprint density at radius 3 is 1.53 bits per heavy atom. The van der Waals surface area contributed by atoms with Crippen molar-refractivity contribution in [1.29, 1.82) is 10.5 Å². The van der Waals surface area contributed by atoms with Gasteiger partial charge in [0.2, 0.25) is 0 Å². The molecule has 2 aromatic heterocycles. The normalized spacial score (nSPS) is 13.3. The number of anilines is 6. The van der Waals surface area contributed by atoms with Crippen molar-refractivity contribution in [2.75, 3.05) is 9.80 Å². The summed E-state index contributed by atoms with van der Waals surface area (Å²) < 4.78 is 2.40. The number of nitrogens with zero attached hydrogens (tertiary/aromatic N) is 5. The third-order valence-electron chi connectivity index (χ3n) is 13.1. The van der Waals surface area contributed by atoms with Gasteiger partial charge in [-0.05, 0) is 130 Å². The van der Waals surface area contributed by atoms with Crippen molar-refractivity contribution in [2.24, 2.45) is 0 Å². The van der Waals surface area contributed by atoms with Gasteiger partial charge in [-0.3, -0.25) is 0 Å². The summed E-state index contributed by atoms with van der Waals surface area (Å²) in [6.45, 7) is 0. The molecule has 2 aliphatic rings. The first kappa shape index (κ1) is 34.2. The third-order valence-corrected chi connectivity index (χ3v) is 13.1. The molecule has 0 amide bonds. The summed E-state index contributed by atoms with van der Waals surface area (Å²) in [7, 11) is 0. The highest BCUT2D eigenvalue weighted by atomic mass is 15.2. The minimum Gasteiger partial charge on any atom is -0.310 e. The van der Waals surface area contributed by atoms with Gasteiger partial charge in [0.1, 0.15) is 0 Å². The number of hydrogen-bond donors (Lipinski definition) is 0. The van der Waals surface area contributed by atoms with Crippen LogP contribution in [-0.2, 0) is 0 Å². The second-order valence-corrected chi connectivity index (χ2v) is 16.3. The molecule has 0 aliphatic heterocycles. The van der Waals surface area contributed by atoms with E-state index in [1.54, 1.807) is 0 Å². The maximum atomic E-state index is 10.2. The molecule has 0 spiro atoms.